The van der Waals surface area contributed by atoms with E-state index < -0.39 is 11.7 Å². The Morgan fingerprint density at radius 3 is 2.20 bits per heavy atom. The van der Waals surface area contributed by atoms with Crippen LogP contribution in [0.25, 0.3) is 5.69 Å². The van der Waals surface area contributed by atoms with Gasteiger partial charge in [-0.3, -0.25) is 0 Å². The van der Waals surface area contributed by atoms with Crippen molar-refractivity contribution in [3.8, 4) is 5.69 Å². The van der Waals surface area contributed by atoms with Gasteiger partial charge in [0.2, 0.25) is 0 Å². The van der Waals surface area contributed by atoms with Crippen LogP contribution < -0.4 is 10.9 Å². The van der Waals surface area contributed by atoms with Crippen molar-refractivity contribution in [1.29, 1.82) is 0 Å². The molecule has 1 aromatic carbocycles. The molecule has 106 valence electrons. The Morgan fingerprint density at radius 1 is 1.15 bits per heavy atom. The van der Waals surface area contributed by atoms with E-state index in [1.54, 1.807) is 32.9 Å². The van der Waals surface area contributed by atoms with Crippen molar-refractivity contribution in [2.45, 2.75) is 26.4 Å². The number of anilines is 1. The van der Waals surface area contributed by atoms with Crippen LogP contribution in [0.2, 0.25) is 0 Å². The molecule has 0 saturated carbocycles. The first kappa shape index (κ1) is 14.1. The van der Waals surface area contributed by atoms with Crippen LogP contribution >= 0.6 is 0 Å². The fourth-order valence-electron chi connectivity index (χ4n) is 1.71. The van der Waals surface area contributed by atoms with Gasteiger partial charge in [0.1, 0.15) is 5.60 Å². The van der Waals surface area contributed by atoms with Gasteiger partial charge in [0.05, 0.1) is 5.69 Å². The first-order valence-corrected chi connectivity index (χ1v) is 6.38. The average molecular weight is 273 g/mol. The lowest BCUT2D eigenvalue weighted by Crippen LogP contribution is -2.41. The Labute approximate surface area is 118 Å². The third-order valence-corrected chi connectivity index (χ3v) is 2.62. The summed E-state index contributed by atoms with van der Waals surface area (Å²) in [4.78, 5) is 11.8. The summed E-state index contributed by atoms with van der Waals surface area (Å²) >= 11 is 0. The summed E-state index contributed by atoms with van der Waals surface area (Å²) in [5.74, 6) is 5.77. The second-order valence-corrected chi connectivity index (χ2v) is 5.46. The largest absolute Gasteiger partial charge is 0.442 e. The molecule has 2 rings (SSSR count). The summed E-state index contributed by atoms with van der Waals surface area (Å²) in [5, 5.41) is 1.00. The molecule has 1 amide bonds. The van der Waals surface area contributed by atoms with Gasteiger partial charge in [-0.2, -0.15) is 0 Å². The minimum atomic E-state index is -0.578. The normalized spacial score (nSPS) is 11.2. The van der Waals surface area contributed by atoms with Gasteiger partial charge in [-0.25, -0.2) is 15.6 Å². The highest BCUT2D eigenvalue weighted by Gasteiger charge is 2.21. The lowest BCUT2D eigenvalue weighted by atomic mass is 10.2. The van der Waals surface area contributed by atoms with Crippen molar-refractivity contribution in [3.05, 3.63) is 48.8 Å². The van der Waals surface area contributed by atoms with E-state index in [9.17, 15) is 4.79 Å². The first-order valence-electron chi connectivity index (χ1n) is 6.38. The Morgan fingerprint density at radius 2 is 1.70 bits per heavy atom. The lowest BCUT2D eigenvalue weighted by Gasteiger charge is -2.24. The van der Waals surface area contributed by atoms with Gasteiger partial charge in [-0.05, 0) is 57.2 Å². The van der Waals surface area contributed by atoms with E-state index >= 15 is 0 Å². The van der Waals surface area contributed by atoms with E-state index in [-0.39, 0.29) is 0 Å². The molecule has 0 unspecified atom stereocenters. The number of benzene rings is 1. The Bertz CT molecular complexity index is 568. The van der Waals surface area contributed by atoms with Crippen LogP contribution in [0.3, 0.4) is 0 Å². The fourth-order valence-corrected chi connectivity index (χ4v) is 1.71. The molecule has 2 aromatic rings. The first-order chi connectivity index (χ1) is 9.37. The molecule has 1 aromatic heterocycles. The molecule has 5 heteroatoms. The van der Waals surface area contributed by atoms with Crippen LogP contribution in [-0.2, 0) is 4.74 Å². The predicted octanol–water partition coefficient (Wildman–Crippen LogP) is 3.09. The number of hydrogen-bond acceptors (Lipinski definition) is 3. The summed E-state index contributed by atoms with van der Waals surface area (Å²) in [7, 11) is 0. The zero-order valence-electron chi connectivity index (χ0n) is 11.9. The minimum absolute atomic E-state index is 0.570. The van der Waals surface area contributed by atoms with Gasteiger partial charge >= 0.3 is 6.09 Å². The highest BCUT2D eigenvalue weighted by Crippen LogP contribution is 2.18. The number of amides is 1. The van der Waals surface area contributed by atoms with Crippen molar-refractivity contribution in [2.75, 3.05) is 5.01 Å². The summed E-state index contributed by atoms with van der Waals surface area (Å²) in [6.45, 7) is 5.40. The minimum Gasteiger partial charge on any atom is -0.442 e. The van der Waals surface area contributed by atoms with E-state index in [0.717, 1.165) is 10.7 Å². The zero-order chi connectivity index (χ0) is 14.8. The van der Waals surface area contributed by atoms with Gasteiger partial charge in [0, 0.05) is 18.1 Å². The summed E-state index contributed by atoms with van der Waals surface area (Å²) < 4.78 is 7.18. The molecular weight excluding hydrogens is 254 g/mol. The number of hydrogen-bond donors (Lipinski definition) is 1. The molecule has 1 heterocycles. The van der Waals surface area contributed by atoms with Crippen LogP contribution in [0.15, 0.2) is 48.8 Å². The van der Waals surface area contributed by atoms with Crippen molar-refractivity contribution >= 4 is 11.8 Å². The molecular formula is C15H19N3O2. The molecule has 0 aliphatic heterocycles. The number of carbonyl (C=O) groups is 1. The number of hydrazine groups is 1. The van der Waals surface area contributed by atoms with Gasteiger partial charge in [0.15, 0.2) is 0 Å². The van der Waals surface area contributed by atoms with Crippen LogP contribution in [0.4, 0.5) is 10.5 Å². The second kappa shape index (κ2) is 5.38. The molecule has 0 fully saturated rings. The highest BCUT2D eigenvalue weighted by molar-refractivity contribution is 5.86. The molecule has 2 N–H and O–H groups in total. The van der Waals surface area contributed by atoms with Gasteiger partial charge < -0.3 is 9.30 Å². The van der Waals surface area contributed by atoms with E-state index in [0.29, 0.717) is 5.69 Å². The summed E-state index contributed by atoms with van der Waals surface area (Å²) in [6.07, 6.45) is 3.32. The Balaban J connectivity index is 2.12. The second-order valence-electron chi connectivity index (χ2n) is 5.46. The molecule has 0 atom stereocenters. The van der Waals surface area contributed by atoms with E-state index in [1.807, 2.05) is 41.2 Å². The summed E-state index contributed by atoms with van der Waals surface area (Å²) in [5.41, 5.74) is 1.01. The van der Waals surface area contributed by atoms with Crippen molar-refractivity contribution in [1.82, 2.24) is 4.57 Å². The van der Waals surface area contributed by atoms with Crippen LogP contribution in [-0.4, -0.2) is 16.3 Å². The summed E-state index contributed by atoms with van der Waals surface area (Å²) in [6, 6.07) is 11.2. The van der Waals surface area contributed by atoms with Crippen molar-refractivity contribution < 1.29 is 9.53 Å². The maximum Gasteiger partial charge on any atom is 0.429 e. The standard InChI is InChI=1S/C15H19N3O2/c1-15(2,3)20-14(19)18(16)13-8-6-12(7-9-13)17-10-4-5-11-17/h4-11H,16H2,1-3H3. The third kappa shape index (κ3) is 3.39. The van der Waals surface area contributed by atoms with E-state index in [1.165, 1.54) is 0 Å². The van der Waals surface area contributed by atoms with Gasteiger partial charge in [0.25, 0.3) is 0 Å². The Kier molecular flexibility index (Phi) is 3.81. The monoisotopic (exact) mass is 273 g/mol. The number of aromatic nitrogens is 1. The van der Waals surface area contributed by atoms with E-state index in [4.69, 9.17) is 10.6 Å². The third-order valence-electron chi connectivity index (χ3n) is 2.62. The number of rotatable bonds is 2. The topological polar surface area (TPSA) is 60.5 Å². The van der Waals surface area contributed by atoms with Gasteiger partial charge in [-0.1, -0.05) is 0 Å². The zero-order valence-corrected chi connectivity index (χ0v) is 11.9. The molecule has 0 aliphatic rings. The molecule has 0 saturated heterocycles. The number of nitrogens with two attached hydrogens (primary N) is 1. The van der Waals surface area contributed by atoms with Crippen LogP contribution in [0.1, 0.15) is 20.8 Å². The maximum absolute atomic E-state index is 11.8. The molecule has 0 radical (unpaired) electrons. The van der Waals surface area contributed by atoms with E-state index in [2.05, 4.69) is 0 Å². The number of carbonyl (C=O) groups excluding carboxylic acids is 1. The van der Waals surface area contributed by atoms with Crippen LogP contribution in [0, 0.1) is 0 Å². The molecule has 20 heavy (non-hydrogen) atoms. The quantitative estimate of drug-likeness (QED) is 0.519. The highest BCUT2D eigenvalue weighted by atomic mass is 16.6. The number of nitrogens with zero attached hydrogens (tertiary/aromatic N) is 2. The number of ether oxygens (including phenoxy) is 1. The maximum atomic E-state index is 11.8. The van der Waals surface area contributed by atoms with Crippen molar-refractivity contribution in [2.24, 2.45) is 5.84 Å². The molecule has 0 bridgehead atoms. The average Bonchev–Trinajstić information content (AvgIpc) is 2.90. The SMILES string of the molecule is CC(C)(C)OC(=O)N(N)c1ccc(-n2cccc2)cc1. The lowest BCUT2D eigenvalue weighted by molar-refractivity contribution is 0.0580. The van der Waals surface area contributed by atoms with Crippen LogP contribution in [0.5, 0.6) is 0 Å². The molecule has 0 aliphatic carbocycles. The molecule has 0 spiro atoms. The van der Waals surface area contributed by atoms with Crippen molar-refractivity contribution in [3.63, 3.8) is 0 Å². The smallest absolute Gasteiger partial charge is 0.429 e. The fraction of sp³-hybridized carbons (Fsp3) is 0.267. The van der Waals surface area contributed by atoms with Gasteiger partial charge in [-0.15, -0.1) is 0 Å². The Hall–Kier alpha value is -2.27. The predicted molar refractivity (Wildman–Crippen MR) is 78.7 cm³/mol. The molecule has 5 nitrogen and oxygen atoms in total.